The highest BCUT2D eigenvalue weighted by Gasteiger charge is 2.31. The molecular weight excluding hydrogens is 526 g/mol. The number of carbonyl (C=O) groups excluding carboxylic acids is 2. The van der Waals surface area contributed by atoms with Gasteiger partial charge < -0.3 is 19.4 Å². The summed E-state index contributed by atoms with van der Waals surface area (Å²) in [6.07, 6.45) is -0.427. The average Bonchev–Trinajstić information content (AvgIpc) is 3.36. The van der Waals surface area contributed by atoms with E-state index in [0.717, 1.165) is 15.3 Å². The number of anilines is 1. The Morgan fingerprint density at radius 2 is 1.58 bits per heavy atom. The fourth-order valence-electron chi connectivity index (χ4n) is 4.68. The van der Waals surface area contributed by atoms with Gasteiger partial charge in [-0.15, -0.1) is 0 Å². The molecule has 0 spiro atoms. The van der Waals surface area contributed by atoms with E-state index in [2.05, 4.69) is 24.0 Å². The van der Waals surface area contributed by atoms with Crippen molar-refractivity contribution in [3.8, 4) is 0 Å². The lowest BCUT2D eigenvalue weighted by Crippen LogP contribution is -2.50. The second-order valence-corrected chi connectivity index (χ2v) is 12.3. The summed E-state index contributed by atoms with van der Waals surface area (Å²) in [6, 6.07) is 12.4. The molecule has 2 saturated heterocycles. The van der Waals surface area contributed by atoms with E-state index in [1.54, 1.807) is 35.3 Å². The van der Waals surface area contributed by atoms with Crippen LogP contribution in [0.15, 0.2) is 47.4 Å². The van der Waals surface area contributed by atoms with E-state index in [9.17, 15) is 18.0 Å². The number of aryl methyl sites for hydroxylation is 1. The van der Waals surface area contributed by atoms with Crippen LogP contribution < -0.4 is 4.90 Å². The van der Waals surface area contributed by atoms with Crippen molar-refractivity contribution in [2.45, 2.75) is 18.7 Å². The number of aromatic nitrogens is 1. The summed E-state index contributed by atoms with van der Waals surface area (Å²) in [4.78, 5) is 35.4. The number of hydrogen-bond donors (Lipinski definition) is 0. The predicted molar refractivity (Wildman–Crippen MR) is 146 cm³/mol. The maximum Gasteiger partial charge on any atom is 0.409 e. The first kappa shape index (κ1) is 26.4. The van der Waals surface area contributed by atoms with Crippen molar-refractivity contribution >= 4 is 48.7 Å². The molecule has 0 aliphatic carbocycles. The number of rotatable bonds is 5. The molecule has 2 aliphatic rings. The number of hydrogen-bond acceptors (Lipinski definition) is 8. The second-order valence-electron chi connectivity index (χ2n) is 9.36. The number of benzene rings is 2. The monoisotopic (exact) mass is 557 g/mol. The lowest BCUT2D eigenvalue weighted by Gasteiger charge is -2.34. The van der Waals surface area contributed by atoms with E-state index >= 15 is 0 Å². The van der Waals surface area contributed by atoms with Gasteiger partial charge >= 0.3 is 6.09 Å². The van der Waals surface area contributed by atoms with Gasteiger partial charge in [0.1, 0.15) is 0 Å². The number of ether oxygens (including phenoxy) is 1. The number of carbonyl (C=O) groups is 2. The molecule has 1 aromatic heterocycles. The second kappa shape index (κ2) is 10.9. The fourth-order valence-corrected chi connectivity index (χ4v) is 7.22. The Balaban J connectivity index is 1.18. The largest absolute Gasteiger partial charge is 0.450 e. The maximum atomic E-state index is 13.1. The molecule has 0 radical (unpaired) electrons. The van der Waals surface area contributed by atoms with Crippen LogP contribution in [0, 0.1) is 6.92 Å². The Kier molecular flexibility index (Phi) is 7.55. The van der Waals surface area contributed by atoms with Crippen molar-refractivity contribution in [3.05, 3.63) is 53.6 Å². The third kappa shape index (κ3) is 5.33. The minimum atomic E-state index is -3.73. The molecule has 0 saturated carbocycles. The van der Waals surface area contributed by atoms with Gasteiger partial charge in [-0.3, -0.25) is 4.79 Å². The Bertz CT molecular complexity index is 1420. The van der Waals surface area contributed by atoms with E-state index in [1.165, 1.54) is 26.9 Å². The highest BCUT2D eigenvalue weighted by Crippen LogP contribution is 2.30. The SMILES string of the molecule is CCOC(=O)N1CCN(S(=O)(=O)c2ccc(C(=O)N3CCN(c4nc5ccc(C)cc5s4)CC3)cc2)CC1. The molecule has 2 aliphatic heterocycles. The molecule has 3 aromatic rings. The Labute approximate surface area is 226 Å². The van der Waals surface area contributed by atoms with Gasteiger partial charge in [-0.25, -0.2) is 18.2 Å². The van der Waals surface area contributed by atoms with Crippen LogP contribution in [0.2, 0.25) is 0 Å². The standard InChI is InChI=1S/C26H31N5O5S2/c1-3-36-26(33)30-14-16-31(17-15-30)38(34,35)21-7-5-20(6-8-21)24(32)28-10-12-29(13-11-28)25-27-22-9-4-19(2)18-23(22)37-25/h4-9,18H,3,10-17H2,1-2H3. The van der Waals surface area contributed by atoms with Crippen molar-refractivity contribution in [2.75, 3.05) is 63.9 Å². The lowest BCUT2D eigenvalue weighted by molar-refractivity contribution is 0.0746. The zero-order valence-corrected chi connectivity index (χ0v) is 23.1. The molecule has 12 heteroatoms. The molecule has 0 unspecified atom stereocenters. The van der Waals surface area contributed by atoms with Gasteiger partial charge in [0.15, 0.2) is 5.13 Å². The molecule has 10 nitrogen and oxygen atoms in total. The van der Waals surface area contributed by atoms with Gasteiger partial charge in [0.25, 0.3) is 5.91 Å². The molecule has 0 N–H and O–H groups in total. The van der Waals surface area contributed by atoms with Crippen molar-refractivity contribution in [3.63, 3.8) is 0 Å². The van der Waals surface area contributed by atoms with Crippen LogP contribution >= 0.6 is 11.3 Å². The van der Waals surface area contributed by atoms with Crippen LogP contribution in [0.3, 0.4) is 0 Å². The summed E-state index contributed by atoms with van der Waals surface area (Å²) in [5, 5.41) is 0.968. The molecule has 5 rings (SSSR count). The van der Waals surface area contributed by atoms with Gasteiger partial charge in [0, 0.05) is 57.9 Å². The maximum absolute atomic E-state index is 13.1. The smallest absolute Gasteiger partial charge is 0.409 e. The summed E-state index contributed by atoms with van der Waals surface area (Å²) >= 11 is 1.67. The molecule has 0 bridgehead atoms. The minimum Gasteiger partial charge on any atom is -0.450 e. The number of thiazole rings is 1. The van der Waals surface area contributed by atoms with Crippen molar-refractivity contribution in [2.24, 2.45) is 0 Å². The first-order valence-electron chi connectivity index (χ1n) is 12.7. The van der Waals surface area contributed by atoms with E-state index in [4.69, 9.17) is 9.72 Å². The quantitative estimate of drug-likeness (QED) is 0.475. The summed E-state index contributed by atoms with van der Waals surface area (Å²) in [7, 11) is -3.73. The van der Waals surface area contributed by atoms with Gasteiger partial charge in [-0.05, 0) is 55.8 Å². The minimum absolute atomic E-state index is 0.114. The molecular formula is C26H31N5O5S2. The van der Waals surface area contributed by atoms with Crippen molar-refractivity contribution in [1.82, 2.24) is 19.1 Å². The molecule has 0 atom stereocenters. The van der Waals surface area contributed by atoms with Gasteiger partial charge in [0.2, 0.25) is 10.0 Å². The molecule has 2 aromatic carbocycles. The van der Waals surface area contributed by atoms with Gasteiger partial charge in [-0.1, -0.05) is 17.4 Å². The van der Waals surface area contributed by atoms with Crippen molar-refractivity contribution < 1.29 is 22.7 Å². The third-order valence-corrected chi connectivity index (χ3v) is 9.87. The molecule has 3 heterocycles. The van der Waals surface area contributed by atoms with E-state index < -0.39 is 16.1 Å². The predicted octanol–water partition coefficient (Wildman–Crippen LogP) is 3.03. The summed E-state index contributed by atoms with van der Waals surface area (Å²) in [5.74, 6) is -0.114. The summed E-state index contributed by atoms with van der Waals surface area (Å²) in [6.45, 7) is 7.54. The van der Waals surface area contributed by atoms with Crippen LogP contribution in [-0.2, 0) is 14.8 Å². The average molecular weight is 558 g/mol. The van der Waals surface area contributed by atoms with Crippen LogP contribution in [0.1, 0.15) is 22.8 Å². The summed E-state index contributed by atoms with van der Waals surface area (Å²) in [5.41, 5.74) is 2.66. The molecule has 2 fully saturated rings. The van der Waals surface area contributed by atoms with Crippen molar-refractivity contribution in [1.29, 1.82) is 0 Å². The molecule has 2 amide bonds. The highest BCUT2D eigenvalue weighted by atomic mass is 32.2. The third-order valence-electron chi connectivity index (χ3n) is 6.87. The zero-order valence-electron chi connectivity index (χ0n) is 21.5. The van der Waals surface area contributed by atoms with E-state index in [0.29, 0.717) is 31.7 Å². The number of piperazine rings is 2. The van der Waals surface area contributed by atoms with Gasteiger partial charge in [0.05, 0.1) is 21.7 Å². The van der Waals surface area contributed by atoms with Gasteiger partial charge in [-0.2, -0.15) is 4.31 Å². The Hall–Kier alpha value is -3.22. The number of nitrogens with zero attached hydrogens (tertiary/aromatic N) is 5. The van der Waals surface area contributed by atoms with Crippen LogP contribution in [0.25, 0.3) is 10.2 Å². The van der Waals surface area contributed by atoms with Crippen LogP contribution in [0.4, 0.5) is 9.93 Å². The Morgan fingerprint density at radius 3 is 2.24 bits per heavy atom. The first-order valence-corrected chi connectivity index (χ1v) is 15.0. The normalized spacial score (nSPS) is 17.2. The highest BCUT2D eigenvalue weighted by molar-refractivity contribution is 7.89. The van der Waals surface area contributed by atoms with E-state index in [-0.39, 0.29) is 43.6 Å². The molecule has 38 heavy (non-hydrogen) atoms. The summed E-state index contributed by atoms with van der Waals surface area (Å²) < 4.78 is 33.7. The molecule has 202 valence electrons. The first-order chi connectivity index (χ1) is 18.3. The fraction of sp³-hybridized carbons (Fsp3) is 0.423. The Morgan fingerprint density at radius 1 is 0.921 bits per heavy atom. The zero-order chi connectivity index (χ0) is 26.9. The van der Waals surface area contributed by atoms with Crippen LogP contribution in [-0.4, -0.2) is 98.5 Å². The van der Waals surface area contributed by atoms with E-state index in [1.807, 2.05) is 6.07 Å². The lowest BCUT2D eigenvalue weighted by atomic mass is 10.2. The number of fused-ring (bicyclic) bond motifs is 1. The number of amides is 2. The number of sulfonamides is 1. The van der Waals surface area contributed by atoms with Crippen LogP contribution in [0.5, 0.6) is 0 Å². The topological polar surface area (TPSA) is 103 Å².